The molecule has 0 spiro atoms. The van der Waals surface area contributed by atoms with Gasteiger partial charge in [-0.1, -0.05) is 18.2 Å². The summed E-state index contributed by atoms with van der Waals surface area (Å²) in [6.45, 7) is 0.476. The van der Waals surface area contributed by atoms with Crippen molar-refractivity contribution in [3.05, 3.63) is 75.3 Å². The third kappa shape index (κ3) is 4.41. The lowest BCUT2D eigenvalue weighted by molar-refractivity contribution is -0.384. The first kappa shape index (κ1) is 19.2. The lowest BCUT2D eigenvalue weighted by Gasteiger charge is -2.24. The summed E-state index contributed by atoms with van der Waals surface area (Å²) >= 11 is 1.52. The van der Waals surface area contributed by atoms with Crippen LogP contribution in [0.1, 0.15) is 22.1 Å². The normalized spacial score (nSPS) is 17.1. The molecule has 2 aromatic rings. The minimum atomic E-state index is -4.45. The van der Waals surface area contributed by atoms with Crippen LogP contribution in [0, 0.1) is 10.1 Å². The molecular weight excluding hydrogens is 381 g/mol. The predicted octanol–water partition coefficient (Wildman–Crippen LogP) is 4.43. The van der Waals surface area contributed by atoms with Gasteiger partial charge in [0.2, 0.25) is 5.91 Å². The number of rotatable bonds is 4. The van der Waals surface area contributed by atoms with Crippen molar-refractivity contribution in [2.45, 2.75) is 18.0 Å². The molecule has 1 unspecified atom stereocenters. The molecule has 142 valence electrons. The number of carbonyl (C=O) groups excluding carboxylic acids is 1. The maximum atomic E-state index is 12.8. The van der Waals surface area contributed by atoms with Crippen molar-refractivity contribution in [1.29, 1.82) is 0 Å². The van der Waals surface area contributed by atoms with E-state index in [-0.39, 0.29) is 23.4 Å². The second kappa shape index (κ2) is 7.59. The maximum absolute atomic E-state index is 12.8. The zero-order chi connectivity index (χ0) is 19.6. The number of thioether (sulfide) groups is 1. The zero-order valence-corrected chi connectivity index (χ0v) is 14.8. The predicted molar refractivity (Wildman–Crippen MR) is 95.2 cm³/mol. The number of benzene rings is 2. The van der Waals surface area contributed by atoms with Crippen molar-refractivity contribution in [2.75, 3.05) is 12.3 Å². The molecule has 9 heteroatoms. The highest BCUT2D eigenvalue weighted by atomic mass is 32.2. The van der Waals surface area contributed by atoms with Crippen molar-refractivity contribution >= 4 is 23.4 Å². The highest BCUT2D eigenvalue weighted by Crippen LogP contribution is 2.39. The number of hydrogen-bond donors (Lipinski definition) is 0. The molecule has 1 atom stereocenters. The number of hydrogen-bond acceptors (Lipinski definition) is 4. The molecule has 1 fully saturated rings. The number of amides is 1. The Morgan fingerprint density at radius 1 is 1.22 bits per heavy atom. The molecule has 0 aliphatic carbocycles. The van der Waals surface area contributed by atoms with E-state index >= 15 is 0 Å². The average Bonchev–Trinajstić information content (AvgIpc) is 3.11. The highest BCUT2D eigenvalue weighted by molar-refractivity contribution is 7.99. The molecular formula is C18H15F3N2O3S. The first-order chi connectivity index (χ1) is 12.8. The van der Waals surface area contributed by atoms with Crippen LogP contribution >= 0.6 is 11.8 Å². The second-order valence-corrected chi connectivity index (χ2v) is 7.22. The van der Waals surface area contributed by atoms with E-state index in [9.17, 15) is 28.1 Å². The summed E-state index contributed by atoms with van der Waals surface area (Å²) < 4.78 is 38.5. The second-order valence-electron chi connectivity index (χ2n) is 6.03. The van der Waals surface area contributed by atoms with Gasteiger partial charge in [-0.3, -0.25) is 14.9 Å². The lowest BCUT2D eigenvalue weighted by Crippen LogP contribution is -2.31. The molecule has 0 bridgehead atoms. The van der Waals surface area contributed by atoms with Crippen molar-refractivity contribution in [1.82, 2.24) is 4.90 Å². The van der Waals surface area contributed by atoms with Crippen molar-refractivity contribution < 1.29 is 22.9 Å². The summed E-state index contributed by atoms with van der Waals surface area (Å²) in [6, 6.07) is 10.7. The molecule has 1 heterocycles. The van der Waals surface area contributed by atoms with Gasteiger partial charge in [0.1, 0.15) is 5.37 Å². The third-order valence-corrected chi connectivity index (χ3v) is 5.47. The summed E-state index contributed by atoms with van der Waals surface area (Å²) in [4.78, 5) is 24.5. The molecule has 27 heavy (non-hydrogen) atoms. The summed E-state index contributed by atoms with van der Waals surface area (Å²) in [5.41, 5.74) is 0.230. The quantitative estimate of drug-likeness (QED) is 0.567. The number of nitro benzene ring substituents is 1. The zero-order valence-electron chi connectivity index (χ0n) is 14.0. The van der Waals surface area contributed by atoms with E-state index < -0.39 is 16.7 Å². The van der Waals surface area contributed by atoms with Gasteiger partial charge in [0.25, 0.3) is 5.69 Å². The van der Waals surface area contributed by atoms with E-state index in [0.717, 1.165) is 17.7 Å². The molecule has 1 amide bonds. The Balaban J connectivity index is 1.75. The van der Waals surface area contributed by atoms with Crippen LogP contribution < -0.4 is 0 Å². The van der Waals surface area contributed by atoms with Gasteiger partial charge in [0.05, 0.1) is 16.9 Å². The van der Waals surface area contributed by atoms with E-state index in [0.29, 0.717) is 17.9 Å². The Hall–Kier alpha value is -2.55. The highest BCUT2D eigenvalue weighted by Gasteiger charge is 2.32. The number of alkyl halides is 3. The van der Waals surface area contributed by atoms with Gasteiger partial charge in [-0.15, -0.1) is 11.8 Å². The lowest BCUT2D eigenvalue weighted by atomic mass is 10.1. The van der Waals surface area contributed by atoms with E-state index in [2.05, 4.69) is 0 Å². The van der Waals surface area contributed by atoms with Gasteiger partial charge in [-0.25, -0.2) is 0 Å². The topological polar surface area (TPSA) is 63.5 Å². The molecule has 0 radical (unpaired) electrons. The third-order valence-electron chi connectivity index (χ3n) is 4.21. The molecule has 0 saturated carbocycles. The number of nitrogens with zero attached hydrogens (tertiary/aromatic N) is 2. The first-order valence-electron chi connectivity index (χ1n) is 8.07. The first-order valence-corrected chi connectivity index (χ1v) is 9.12. The van der Waals surface area contributed by atoms with E-state index in [1.54, 1.807) is 17.0 Å². The smallest absolute Gasteiger partial charge is 0.325 e. The van der Waals surface area contributed by atoms with Crippen molar-refractivity contribution in [3.63, 3.8) is 0 Å². The van der Waals surface area contributed by atoms with Crippen molar-refractivity contribution in [2.24, 2.45) is 0 Å². The van der Waals surface area contributed by atoms with Gasteiger partial charge in [0, 0.05) is 24.4 Å². The Labute approximate surface area is 157 Å². The largest absolute Gasteiger partial charge is 0.416 e. The average molecular weight is 396 g/mol. The fourth-order valence-corrected chi connectivity index (χ4v) is 4.17. The van der Waals surface area contributed by atoms with E-state index in [4.69, 9.17) is 0 Å². The molecule has 1 saturated heterocycles. The molecule has 0 aromatic heterocycles. The fourth-order valence-electron chi connectivity index (χ4n) is 2.90. The van der Waals surface area contributed by atoms with Crippen LogP contribution in [0.3, 0.4) is 0 Å². The van der Waals surface area contributed by atoms with Gasteiger partial charge >= 0.3 is 6.18 Å². The van der Waals surface area contributed by atoms with Gasteiger partial charge in [-0.05, 0) is 29.3 Å². The molecule has 1 aliphatic heterocycles. The van der Waals surface area contributed by atoms with Crippen LogP contribution in [0.5, 0.6) is 0 Å². The monoisotopic (exact) mass is 396 g/mol. The number of non-ortho nitro benzene ring substituents is 1. The standard InChI is InChI=1S/C18H15F3N2O3S/c19-18(20,21)14-3-1-2-12(10-14)11-16(24)22-8-9-27-17(22)13-4-6-15(7-5-13)23(25)26/h1-7,10,17H,8-9,11H2. The number of nitro groups is 1. The van der Waals surface area contributed by atoms with E-state index in [1.807, 2.05) is 0 Å². The minimum absolute atomic E-state index is 0.0383. The number of halogens is 3. The van der Waals surface area contributed by atoms with Crippen molar-refractivity contribution in [3.8, 4) is 0 Å². The molecule has 0 N–H and O–H groups in total. The Bertz CT molecular complexity index is 856. The Morgan fingerprint density at radius 2 is 1.93 bits per heavy atom. The summed E-state index contributed by atoms with van der Waals surface area (Å²) in [5, 5.41) is 10.5. The van der Waals surface area contributed by atoms with Gasteiger partial charge in [-0.2, -0.15) is 13.2 Å². The molecule has 1 aliphatic rings. The van der Waals surface area contributed by atoms with Crippen LogP contribution in [-0.4, -0.2) is 28.0 Å². The summed E-state index contributed by atoms with van der Waals surface area (Å²) in [5.74, 6) is 0.415. The molecule has 2 aromatic carbocycles. The Kier molecular flexibility index (Phi) is 5.41. The van der Waals surface area contributed by atoms with Gasteiger partial charge < -0.3 is 4.90 Å². The Morgan fingerprint density at radius 3 is 2.56 bits per heavy atom. The maximum Gasteiger partial charge on any atom is 0.416 e. The van der Waals surface area contributed by atoms with Crippen LogP contribution in [0.25, 0.3) is 0 Å². The SMILES string of the molecule is O=C(Cc1cccc(C(F)(F)F)c1)N1CCSC1c1ccc([N+](=O)[O-])cc1. The summed E-state index contributed by atoms with van der Waals surface area (Å²) in [6.07, 6.45) is -4.59. The molecule has 3 rings (SSSR count). The van der Waals surface area contributed by atoms with Crippen LogP contribution in [0.2, 0.25) is 0 Å². The van der Waals surface area contributed by atoms with Crippen LogP contribution in [0.15, 0.2) is 48.5 Å². The van der Waals surface area contributed by atoms with Crippen LogP contribution in [0.4, 0.5) is 18.9 Å². The van der Waals surface area contributed by atoms with Gasteiger partial charge in [0.15, 0.2) is 0 Å². The summed E-state index contributed by atoms with van der Waals surface area (Å²) in [7, 11) is 0. The molecule has 5 nitrogen and oxygen atoms in total. The minimum Gasteiger partial charge on any atom is -0.325 e. The number of carbonyl (C=O) groups is 1. The van der Waals surface area contributed by atoms with Crippen LogP contribution in [-0.2, 0) is 17.4 Å². The van der Waals surface area contributed by atoms with E-state index in [1.165, 1.54) is 36.0 Å². The fraction of sp³-hybridized carbons (Fsp3) is 0.278.